The number of carbonyl (C=O) groups is 2. The van der Waals surface area contributed by atoms with Crippen LogP contribution in [0.15, 0.2) is 36.4 Å². The first-order chi connectivity index (χ1) is 15.8. The number of anilines is 1. The topological polar surface area (TPSA) is 87.7 Å². The molecule has 0 spiro atoms. The summed E-state index contributed by atoms with van der Waals surface area (Å²) >= 11 is 0. The van der Waals surface area contributed by atoms with E-state index in [1.807, 2.05) is 0 Å². The lowest BCUT2D eigenvalue weighted by Crippen LogP contribution is -2.33. The SMILES string of the molecule is CCCCCCCC(NC(=O)Nc1ccc(F)cc1F)c1ccc(C(=O)O)c(CCOC)c1. The number of halogens is 2. The first kappa shape index (κ1) is 26.3. The minimum Gasteiger partial charge on any atom is -0.478 e. The summed E-state index contributed by atoms with van der Waals surface area (Å²) in [6.07, 6.45) is 6.27. The maximum absolute atomic E-state index is 13.9. The van der Waals surface area contributed by atoms with Crippen molar-refractivity contribution >= 4 is 17.7 Å². The number of carboxylic acids is 1. The summed E-state index contributed by atoms with van der Waals surface area (Å²) in [6, 6.07) is 6.90. The van der Waals surface area contributed by atoms with E-state index in [1.54, 1.807) is 19.2 Å². The molecule has 2 rings (SSSR count). The highest BCUT2D eigenvalue weighted by Crippen LogP contribution is 2.25. The predicted molar refractivity (Wildman–Crippen MR) is 124 cm³/mol. The van der Waals surface area contributed by atoms with E-state index in [2.05, 4.69) is 17.6 Å². The highest BCUT2D eigenvalue weighted by atomic mass is 19.1. The Kier molecular flexibility index (Phi) is 10.8. The summed E-state index contributed by atoms with van der Waals surface area (Å²) in [5, 5.41) is 14.8. The van der Waals surface area contributed by atoms with E-state index in [0.717, 1.165) is 49.8 Å². The minimum absolute atomic E-state index is 0.127. The number of aromatic carboxylic acids is 1. The van der Waals surface area contributed by atoms with Crippen LogP contribution in [0.2, 0.25) is 0 Å². The summed E-state index contributed by atoms with van der Waals surface area (Å²) < 4.78 is 32.2. The number of urea groups is 1. The Morgan fingerprint density at radius 2 is 1.82 bits per heavy atom. The summed E-state index contributed by atoms with van der Waals surface area (Å²) in [4.78, 5) is 24.2. The summed E-state index contributed by atoms with van der Waals surface area (Å²) in [6.45, 7) is 2.50. The Bertz CT molecular complexity index is 937. The number of carbonyl (C=O) groups excluding carboxylic acids is 1. The van der Waals surface area contributed by atoms with Gasteiger partial charge < -0.3 is 20.5 Å². The largest absolute Gasteiger partial charge is 0.478 e. The number of amides is 2. The first-order valence-corrected chi connectivity index (χ1v) is 11.2. The van der Waals surface area contributed by atoms with Gasteiger partial charge in [-0.25, -0.2) is 18.4 Å². The van der Waals surface area contributed by atoms with Crippen LogP contribution < -0.4 is 10.6 Å². The maximum Gasteiger partial charge on any atom is 0.335 e. The maximum atomic E-state index is 13.9. The standard InChI is InChI=1S/C25H32F2N2O4/c1-3-4-5-6-7-8-22(28-25(32)29-23-12-10-19(26)16-21(23)27)18-9-11-20(24(30)31)17(15-18)13-14-33-2/h9-12,15-16,22H,3-8,13-14H2,1-2H3,(H,30,31)(H2,28,29,32). The molecule has 0 heterocycles. The Morgan fingerprint density at radius 3 is 2.48 bits per heavy atom. The molecule has 0 aromatic heterocycles. The highest BCUT2D eigenvalue weighted by molar-refractivity contribution is 5.90. The molecule has 0 fully saturated rings. The molecule has 0 radical (unpaired) electrons. The summed E-state index contributed by atoms with van der Waals surface area (Å²) in [7, 11) is 1.55. The van der Waals surface area contributed by atoms with Gasteiger partial charge in [-0.05, 0) is 42.2 Å². The lowest BCUT2D eigenvalue weighted by Gasteiger charge is -2.21. The fraction of sp³-hybridized carbons (Fsp3) is 0.440. The Morgan fingerprint density at radius 1 is 1.06 bits per heavy atom. The smallest absolute Gasteiger partial charge is 0.335 e. The molecular formula is C25H32F2N2O4. The van der Waals surface area contributed by atoms with Crippen LogP contribution in [0.5, 0.6) is 0 Å². The number of rotatable bonds is 13. The molecule has 2 aromatic rings. The Labute approximate surface area is 193 Å². The molecule has 8 heteroatoms. The zero-order valence-corrected chi connectivity index (χ0v) is 19.1. The van der Waals surface area contributed by atoms with Gasteiger partial charge >= 0.3 is 12.0 Å². The lowest BCUT2D eigenvalue weighted by atomic mass is 9.94. The summed E-state index contributed by atoms with van der Waals surface area (Å²) in [5.74, 6) is -2.62. The van der Waals surface area contributed by atoms with Gasteiger partial charge in [0, 0.05) is 13.2 Å². The number of hydrogen-bond acceptors (Lipinski definition) is 3. The van der Waals surface area contributed by atoms with E-state index < -0.39 is 29.7 Å². The molecule has 0 bridgehead atoms. The van der Waals surface area contributed by atoms with Gasteiger partial charge in [0.05, 0.1) is 23.9 Å². The van der Waals surface area contributed by atoms with Crippen LogP contribution in [-0.4, -0.2) is 30.8 Å². The van der Waals surface area contributed by atoms with Crippen LogP contribution in [0.1, 0.15) is 73.0 Å². The molecule has 0 aliphatic carbocycles. The third-order valence-electron chi connectivity index (χ3n) is 5.42. The number of hydrogen-bond donors (Lipinski definition) is 3. The molecule has 0 saturated heterocycles. The molecule has 0 aliphatic rings. The fourth-order valence-electron chi connectivity index (χ4n) is 3.64. The van der Waals surface area contributed by atoms with E-state index in [1.165, 1.54) is 6.07 Å². The molecule has 2 aromatic carbocycles. The van der Waals surface area contributed by atoms with Crippen molar-refractivity contribution in [2.45, 2.75) is 57.9 Å². The summed E-state index contributed by atoms with van der Waals surface area (Å²) in [5.41, 5.74) is 1.44. The molecule has 3 N–H and O–H groups in total. The first-order valence-electron chi connectivity index (χ1n) is 11.2. The minimum atomic E-state index is -1.03. The van der Waals surface area contributed by atoms with Gasteiger partial charge in [0.25, 0.3) is 0 Å². The second-order valence-corrected chi connectivity index (χ2v) is 7.94. The number of unbranched alkanes of at least 4 members (excludes halogenated alkanes) is 4. The number of benzene rings is 2. The van der Waals surface area contributed by atoms with Crippen molar-refractivity contribution in [3.63, 3.8) is 0 Å². The van der Waals surface area contributed by atoms with Crippen molar-refractivity contribution < 1.29 is 28.2 Å². The van der Waals surface area contributed by atoms with Crippen LogP contribution in [-0.2, 0) is 11.2 Å². The van der Waals surface area contributed by atoms with Gasteiger partial charge in [-0.15, -0.1) is 0 Å². The van der Waals surface area contributed by atoms with Gasteiger partial charge in [-0.3, -0.25) is 0 Å². The zero-order valence-electron chi connectivity index (χ0n) is 19.1. The van der Waals surface area contributed by atoms with Crippen molar-refractivity contribution in [2.75, 3.05) is 19.0 Å². The van der Waals surface area contributed by atoms with Crippen molar-refractivity contribution in [3.8, 4) is 0 Å². The van der Waals surface area contributed by atoms with Crippen molar-refractivity contribution in [2.24, 2.45) is 0 Å². The molecule has 6 nitrogen and oxygen atoms in total. The van der Waals surface area contributed by atoms with Crippen LogP contribution in [0.3, 0.4) is 0 Å². The zero-order chi connectivity index (χ0) is 24.2. The van der Waals surface area contributed by atoms with Gasteiger partial charge in [-0.1, -0.05) is 51.2 Å². The van der Waals surface area contributed by atoms with Gasteiger partial charge in [0.2, 0.25) is 0 Å². The molecule has 33 heavy (non-hydrogen) atoms. The van der Waals surface area contributed by atoms with E-state index in [0.29, 0.717) is 31.1 Å². The molecule has 0 saturated carbocycles. The quantitative estimate of drug-likeness (QED) is 0.315. The van der Waals surface area contributed by atoms with Crippen LogP contribution in [0.25, 0.3) is 0 Å². The second-order valence-electron chi connectivity index (χ2n) is 7.94. The normalized spacial score (nSPS) is 11.8. The van der Waals surface area contributed by atoms with Gasteiger partial charge in [-0.2, -0.15) is 0 Å². The van der Waals surface area contributed by atoms with Crippen molar-refractivity contribution in [1.82, 2.24) is 5.32 Å². The van der Waals surface area contributed by atoms with Crippen LogP contribution in [0, 0.1) is 11.6 Å². The average molecular weight is 463 g/mol. The van der Waals surface area contributed by atoms with Crippen LogP contribution >= 0.6 is 0 Å². The molecule has 2 amide bonds. The van der Waals surface area contributed by atoms with Crippen molar-refractivity contribution in [1.29, 1.82) is 0 Å². The average Bonchev–Trinajstić information content (AvgIpc) is 2.78. The number of methoxy groups -OCH3 is 1. The molecule has 1 atom stereocenters. The highest BCUT2D eigenvalue weighted by Gasteiger charge is 2.19. The fourth-order valence-corrected chi connectivity index (χ4v) is 3.64. The van der Waals surface area contributed by atoms with E-state index in [9.17, 15) is 23.5 Å². The number of ether oxygens (including phenoxy) is 1. The molecular weight excluding hydrogens is 430 g/mol. The van der Waals surface area contributed by atoms with E-state index >= 15 is 0 Å². The monoisotopic (exact) mass is 462 g/mol. The third kappa shape index (κ3) is 8.46. The van der Waals surface area contributed by atoms with E-state index in [-0.39, 0.29) is 11.3 Å². The number of carboxylic acid groups (broad SMARTS) is 1. The third-order valence-corrected chi connectivity index (χ3v) is 5.42. The van der Waals surface area contributed by atoms with Crippen LogP contribution in [0.4, 0.5) is 19.3 Å². The lowest BCUT2D eigenvalue weighted by molar-refractivity contribution is 0.0695. The molecule has 1 unspecified atom stereocenters. The number of nitrogens with one attached hydrogen (secondary N) is 2. The second kappa shape index (κ2) is 13.5. The predicted octanol–water partition coefficient (Wildman–Crippen LogP) is 6.08. The Balaban J connectivity index is 2.21. The molecule has 180 valence electrons. The Hall–Kier alpha value is -3.00. The van der Waals surface area contributed by atoms with E-state index in [4.69, 9.17) is 4.74 Å². The molecule has 0 aliphatic heterocycles. The van der Waals surface area contributed by atoms with Gasteiger partial charge in [0.15, 0.2) is 0 Å². The van der Waals surface area contributed by atoms with Crippen molar-refractivity contribution in [3.05, 3.63) is 64.7 Å². The van der Waals surface area contributed by atoms with Gasteiger partial charge in [0.1, 0.15) is 11.6 Å².